The van der Waals surface area contributed by atoms with Crippen LogP contribution in [0.5, 0.6) is 0 Å². The van der Waals surface area contributed by atoms with E-state index in [-0.39, 0.29) is 48.8 Å². The Bertz CT molecular complexity index is 179. The summed E-state index contributed by atoms with van der Waals surface area (Å²) >= 11 is 0. The summed E-state index contributed by atoms with van der Waals surface area (Å²) in [6.07, 6.45) is 0. The van der Waals surface area contributed by atoms with Gasteiger partial charge in [0, 0.05) is 0 Å². The number of hydrogen-bond donors (Lipinski definition) is 3. The molecule has 0 aliphatic rings. The van der Waals surface area contributed by atoms with Crippen molar-refractivity contribution in [2.45, 2.75) is 0 Å². The molecule has 0 atom stereocenters. The number of rotatable bonds is 0. The molecule has 0 saturated carbocycles. The first-order valence-corrected chi connectivity index (χ1v) is 2.21. The van der Waals surface area contributed by atoms with Crippen molar-refractivity contribution in [3.63, 3.8) is 0 Å². The van der Waals surface area contributed by atoms with Crippen LogP contribution in [0.15, 0.2) is 0 Å². The third kappa shape index (κ3) is 2.34. The normalized spacial score (nSPS) is 8.40. The zero-order valence-electron chi connectivity index (χ0n) is 6.57. The number of nitrogens with two attached hydrogens (primary N) is 3. The van der Waals surface area contributed by atoms with E-state index in [1.54, 1.807) is 0 Å². The minimum absolute atomic E-state index is 0. The minimum Gasteiger partial charge on any atom is -1.00 e. The first kappa shape index (κ1) is 9.41. The van der Waals surface area contributed by atoms with Crippen LogP contribution in [0.1, 0.15) is 1.43 Å². The zero-order valence-corrected chi connectivity index (χ0v) is 7.57. The van der Waals surface area contributed by atoms with Crippen LogP contribution in [-0.2, 0) is 0 Å². The van der Waals surface area contributed by atoms with E-state index < -0.39 is 0 Å². The molecule has 1 rings (SSSR count). The molecule has 10 heavy (non-hydrogen) atoms. The topological polar surface area (TPSA) is 117 Å². The van der Waals surface area contributed by atoms with Gasteiger partial charge in [-0.15, -0.1) is 0 Å². The van der Waals surface area contributed by atoms with Crippen molar-refractivity contribution in [2.24, 2.45) is 0 Å². The molecular weight excluding hydrogens is 143 g/mol. The fourth-order valence-corrected chi connectivity index (χ4v) is 0.427. The maximum Gasteiger partial charge on any atom is 1.00 e. The average Bonchev–Trinajstić information content (AvgIpc) is 1.59. The standard InChI is InChI=1S/C3H6N6.Na.H/c4-1-7-2(5)9-3(6)8-1;;/h(H6,4,5,6,7,8,9);;/q;+1;-1. The van der Waals surface area contributed by atoms with E-state index in [1.165, 1.54) is 0 Å². The van der Waals surface area contributed by atoms with Crippen LogP contribution in [-0.4, -0.2) is 15.0 Å². The summed E-state index contributed by atoms with van der Waals surface area (Å²) in [4.78, 5) is 10.5. The van der Waals surface area contributed by atoms with Gasteiger partial charge >= 0.3 is 29.6 Å². The number of anilines is 3. The van der Waals surface area contributed by atoms with E-state index in [1.807, 2.05) is 0 Å². The monoisotopic (exact) mass is 150 g/mol. The van der Waals surface area contributed by atoms with Crippen LogP contribution in [0.25, 0.3) is 0 Å². The van der Waals surface area contributed by atoms with Gasteiger partial charge < -0.3 is 18.6 Å². The predicted octanol–water partition coefficient (Wildman–Crippen LogP) is -4.27. The molecule has 0 radical (unpaired) electrons. The number of hydrogen-bond acceptors (Lipinski definition) is 6. The second-order valence-electron chi connectivity index (χ2n) is 1.41. The maximum absolute atomic E-state index is 5.14. The van der Waals surface area contributed by atoms with E-state index in [2.05, 4.69) is 15.0 Å². The summed E-state index contributed by atoms with van der Waals surface area (Å²) in [5.41, 5.74) is 15.4. The van der Waals surface area contributed by atoms with Gasteiger partial charge in [0.25, 0.3) is 0 Å². The first-order valence-electron chi connectivity index (χ1n) is 2.21. The Morgan fingerprint density at radius 3 is 1.20 bits per heavy atom. The fraction of sp³-hybridized carbons (Fsp3) is 0. The van der Waals surface area contributed by atoms with Crippen LogP contribution in [0.2, 0.25) is 0 Å². The molecule has 1 aromatic rings. The van der Waals surface area contributed by atoms with E-state index in [9.17, 15) is 0 Å². The van der Waals surface area contributed by atoms with Crippen LogP contribution >= 0.6 is 0 Å². The van der Waals surface area contributed by atoms with Crippen molar-refractivity contribution >= 4 is 17.8 Å². The van der Waals surface area contributed by atoms with Gasteiger partial charge in [0.1, 0.15) is 0 Å². The van der Waals surface area contributed by atoms with Crippen molar-refractivity contribution < 1.29 is 31.0 Å². The summed E-state index contributed by atoms with van der Waals surface area (Å²) in [6, 6.07) is 0. The van der Waals surface area contributed by atoms with Gasteiger partial charge in [0.15, 0.2) is 0 Å². The molecule has 6 nitrogen and oxygen atoms in total. The number of aromatic nitrogens is 3. The van der Waals surface area contributed by atoms with Crippen molar-refractivity contribution in [1.29, 1.82) is 0 Å². The molecule has 0 bridgehead atoms. The van der Waals surface area contributed by atoms with Crippen LogP contribution in [0, 0.1) is 0 Å². The molecule has 1 heterocycles. The third-order valence-corrected chi connectivity index (χ3v) is 0.687. The van der Waals surface area contributed by atoms with E-state index in [0.717, 1.165) is 0 Å². The molecule has 0 unspecified atom stereocenters. The fourth-order valence-electron chi connectivity index (χ4n) is 0.427. The Kier molecular flexibility index (Phi) is 3.34. The van der Waals surface area contributed by atoms with Crippen LogP contribution in [0.3, 0.4) is 0 Å². The van der Waals surface area contributed by atoms with Gasteiger partial charge in [-0.25, -0.2) is 0 Å². The molecule has 0 aliphatic heterocycles. The summed E-state index contributed by atoms with van der Waals surface area (Å²) in [5, 5.41) is 0. The van der Waals surface area contributed by atoms with E-state index >= 15 is 0 Å². The second kappa shape index (κ2) is 3.55. The quantitative estimate of drug-likeness (QED) is 0.322. The molecule has 7 heteroatoms. The largest absolute Gasteiger partial charge is 1.00 e. The molecule has 0 amide bonds. The van der Waals surface area contributed by atoms with Gasteiger partial charge in [-0.2, -0.15) is 15.0 Å². The molecule has 6 N–H and O–H groups in total. The zero-order chi connectivity index (χ0) is 6.85. The average molecular weight is 150 g/mol. The Morgan fingerprint density at radius 2 is 1.00 bits per heavy atom. The van der Waals surface area contributed by atoms with E-state index in [0.29, 0.717) is 0 Å². The molecule has 0 aromatic carbocycles. The Morgan fingerprint density at radius 1 is 0.800 bits per heavy atom. The van der Waals surface area contributed by atoms with Crippen LogP contribution < -0.4 is 46.8 Å². The smallest absolute Gasteiger partial charge is 1.00 e. The molecule has 0 spiro atoms. The molecule has 0 saturated heterocycles. The molecule has 0 fully saturated rings. The molecule has 0 aliphatic carbocycles. The van der Waals surface area contributed by atoms with Gasteiger partial charge in [-0.1, -0.05) is 0 Å². The predicted molar refractivity (Wildman–Crippen MR) is 34.2 cm³/mol. The van der Waals surface area contributed by atoms with Gasteiger partial charge in [-0.05, 0) is 0 Å². The van der Waals surface area contributed by atoms with Gasteiger partial charge in [-0.3, -0.25) is 0 Å². The summed E-state index contributed by atoms with van der Waals surface area (Å²) in [6.45, 7) is 0. The second-order valence-corrected chi connectivity index (χ2v) is 1.41. The van der Waals surface area contributed by atoms with E-state index in [4.69, 9.17) is 17.2 Å². The number of nitrogens with zero attached hydrogens (tertiary/aromatic N) is 3. The third-order valence-electron chi connectivity index (χ3n) is 0.687. The number of nitrogen functional groups attached to an aromatic ring is 3. The van der Waals surface area contributed by atoms with Crippen molar-refractivity contribution in [3.8, 4) is 0 Å². The molecular formula is C3H7N6Na. The van der Waals surface area contributed by atoms with Crippen LogP contribution in [0.4, 0.5) is 17.8 Å². The summed E-state index contributed by atoms with van der Waals surface area (Å²) in [7, 11) is 0. The van der Waals surface area contributed by atoms with Gasteiger partial charge in [0.2, 0.25) is 17.8 Å². The first-order chi connectivity index (χ1) is 4.18. The SMILES string of the molecule is Nc1nc(N)nc(N)n1.[H-].[Na+]. The van der Waals surface area contributed by atoms with Gasteiger partial charge in [0.05, 0.1) is 0 Å². The van der Waals surface area contributed by atoms with Crippen molar-refractivity contribution in [3.05, 3.63) is 0 Å². The summed E-state index contributed by atoms with van der Waals surface area (Å²) in [5.74, 6) is 0.125. The Labute approximate surface area is 81.0 Å². The maximum atomic E-state index is 5.14. The Balaban J connectivity index is 0. The molecule has 1 aromatic heterocycles. The van der Waals surface area contributed by atoms with Crippen molar-refractivity contribution in [1.82, 2.24) is 15.0 Å². The molecule has 50 valence electrons. The summed E-state index contributed by atoms with van der Waals surface area (Å²) < 4.78 is 0. The Hall–Kier alpha value is -0.590. The van der Waals surface area contributed by atoms with Crippen molar-refractivity contribution in [2.75, 3.05) is 17.2 Å². The minimum atomic E-state index is 0.